The third-order valence-electron chi connectivity index (χ3n) is 2.28. The summed E-state index contributed by atoms with van der Waals surface area (Å²) in [6.45, 7) is 0. The van der Waals surface area contributed by atoms with Crippen LogP contribution in [0.4, 0.5) is 11.8 Å². The number of nitrogens with two attached hydrogens (primary N) is 1. The number of hydrazine groups is 1. The first-order chi connectivity index (χ1) is 6.72. The molecular weight excluding hydrogens is 246 g/mol. The van der Waals surface area contributed by atoms with Gasteiger partial charge in [-0.15, -0.1) is 0 Å². The minimum Gasteiger partial charge on any atom is -0.356 e. The Morgan fingerprint density at radius 2 is 2.36 bits per heavy atom. The zero-order valence-electron chi connectivity index (χ0n) is 7.87. The summed E-state index contributed by atoms with van der Waals surface area (Å²) in [6, 6.07) is 0.617. The topological polar surface area (TPSA) is 67.1 Å². The lowest BCUT2D eigenvalue weighted by Gasteiger charge is -2.18. The van der Waals surface area contributed by atoms with Crippen molar-refractivity contribution in [3.05, 3.63) is 10.7 Å². The number of rotatable bonds is 3. The van der Waals surface area contributed by atoms with Crippen LogP contribution in [0.15, 0.2) is 10.7 Å². The van der Waals surface area contributed by atoms with Gasteiger partial charge in [-0.25, -0.2) is 10.8 Å². The molecule has 1 aromatic heterocycles. The van der Waals surface area contributed by atoms with Crippen molar-refractivity contribution in [2.24, 2.45) is 5.84 Å². The molecule has 3 N–H and O–H groups in total. The molecule has 14 heavy (non-hydrogen) atoms. The van der Waals surface area contributed by atoms with Crippen LogP contribution in [0, 0.1) is 0 Å². The molecule has 0 spiro atoms. The first kappa shape index (κ1) is 9.67. The second kappa shape index (κ2) is 3.70. The highest BCUT2D eigenvalue weighted by atomic mass is 79.9. The second-order valence-electron chi connectivity index (χ2n) is 3.35. The molecule has 0 aliphatic heterocycles. The van der Waals surface area contributed by atoms with Gasteiger partial charge in [0.05, 0.1) is 4.47 Å². The Hall–Kier alpha value is -0.880. The van der Waals surface area contributed by atoms with Crippen molar-refractivity contribution in [3.63, 3.8) is 0 Å². The van der Waals surface area contributed by atoms with Gasteiger partial charge in [0.25, 0.3) is 0 Å². The van der Waals surface area contributed by atoms with Crippen molar-refractivity contribution >= 4 is 27.7 Å². The van der Waals surface area contributed by atoms with Gasteiger partial charge < -0.3 is 4.90 Å². The van der Waals surface area contributed by atoms with E-state index in [0.29, 0.717) is 12.0 Å². The number of anilines is 2. The number of nitrogen functional groups attached to an aromatic ring is 1. The largest absolute Gasteiger partial charge is 0.356 e. The second-order valence-corrected chi connectivity index (χ2v) is 4.21. The van der Waals surface area contributed by atoms with E-state index in [2.05, 4.69) is 36.2 Å². The summed E-state index contributed by atoms with van der Waals surface area (Å²) in [5.41, 5.74) is 2.44. The van der Waals surface area contributed by atoms with Gasteiger partial charge in [-0.3, -0.25) is 5.43 Å². The molecule has 0 aromatic carbocycles. The van der Waals surface area contributed by atoms with E-state index in [1.165, 1.54) is 12.8 Å². The van der Waals surface area contributed by atoms with E-state index >= 15 is 0 Å². The molecule has 0 saturated heterocycles. The van der Waals surface area contributed by atoms with E-state index in [1.807, 2.05) is 7.05 Å². The fourth-order valence-electron chi connectivity index (χ4n) is 1.31. The van der Waals surface area contributed by atoms with Crippen molar-refractivity contribution < 1.29 is 0 Å². The predicted octanol–water partition coefficient (Wildman–Crippen LogP) is 1.12. The summed E-state index contributed by atoms with van der Waals surface area (Å²) in [5.74, 6) is 6.58. The lowest BCUT2D eigenvalue weighted by atomic mass is 10.5. The van der Waals surface area contributed by atoms with E-state index in [-0.39, 0.29) is 0 Å². The minimum atomic E-state index is 0.440. The van der Waals surface area contributed by atoms with Gasteiger partial charge >= 0.3 is 0 Å². The highest BCUT2D eigenvalue weighted by Crippen LogP contribution is 2.33. The molecule has 0 unspecified atom stereocenters. The third-order valence-corrected chi connectivity index (χ3v) is 2.84. The molecule has 2 rings (SSSR count). The average Bonchev–Trinajstić information content (AvgIpc) is 3.01. The van der Waals surface area contributed by atoms with Gasteiger partial charge in [0.15, 0.2) is 0 Å². The maximum Gasteiger partial charge on any atom is 0.239 e. The fourth-order valence-corrected chi connectivity index (χ4v) is 1.78. The summed E-state index contributed by atoms with van der Waals surface area (Å²) < 4.78 is 0.894. The molecule has 1 heterocycles. The Morgan fingerprint density at radius 1 is 1.64 bits per heavy atom. The predicted molar refractivity (Wildman–Crippen MR) is 59.0 cm³/mol. The number of nitrogens with one attached hydrogen (secondary N) is 1. The Balaban J connectivity index is 2.29. The van der Waals surface area contributed by atoms with Gasteiger partial charge in [-0.05, 0) is 28.8 Å². The van der Waals surface area contributed by atoms with Crippen LogP contribution in [0.3, 0.4) is 0 Å². The van der Waals surface area contributed by atoms with Gasteiger partial charge in [0, 0.05) is 19.3 Å². The van der Waals surface area contributed by atoms with Crippen LogP contribution in [-0.4, -0.2) is 23.1 Å². The molecule has 1 aliphatic rings. The maximum absolute atomic E-state index is 5.25. The molecular formula is C8H12BrN5. The van der Waals surface area contributed by atoms with Crippen molar-refractivity contribution in [2.75, 3.05) is 17.4 Å². The van der Waals surface area contributed by atoms with Crippen LogP contribution in [0.5, 0.6) is 0 Å². The van der Waals surface area contributed by atoms with Crippen molar-refractivity contribution in [3.8, 4) is 0 Å². The third kappa shape index (κ3) is 1.80. The molecule has 0 radical (unpaired) electrons. The summed E-state index contributed by atoms with van der Waals surface area (Å²) >= 11 is 3.42. The van der Waals surface area contributed by atoms with E-state index in [9.17, 15) is 0 Å². The normalized spacial score (nSPS) is 15.4. The monoisotopic (exact) mass is 257 g/mol. The van der Waals surface area contributed by atoms with Crippen molar-refractivity contribution in [1.29, 1.82) is 0 Å². The van der Waals surface area contributed by atoms with Crippen molar-refractivity contribution in [1.82, 2.24) is 9.97 Å². The molecule has 0 amide bonds. The van der Waals surface area contributed by atoms with E-state index in [0.717, 1.165) is 10.3 Å². The van der Waals surface area contributed by atoms with Crippen LogP contribution < -0.4 is 16.2 Å². The van der Waals surface area contributed by atoms with Gasteiger partial charge in [0.2, 0.25) is 5.95 Å². The highest BCUT2D eigenvalue weighted by Gasteiger charge is 2.28. The quantitative estimate of drug-likeness (QED) is 0.628. The zero-order valence-corrected chi connectivity index (χ0v) is 9.45. The van der Waals surface area contributed by atoms with Crippen molar-refractivity contribution in [2.45, 2.75) is 18.9 Å². The van der Waals surface area contributed by atoms with Crippen LogP contribution in [-0.2, 0) is 0 Å². The number of hydrogen-bond acceptors (Lipinski definition) is 5. The molecule has 1 saturated carbocycles. The molecule has 0 bridgehead atoms. The smallest absolute Gasteiger partial charge is 0.239 e. The molecule has 5 nitrogen and oxygen atoms in total. The zero-order chi connectivity index (χ0) is 10.1. The maximum atomic E-state index is 5.25. The first-order valence-electron chi connectivity index (χ1n) is 4.44. The number of halogens is 1. The number of hydrogen-bond donors (Lipinski definition) is 2. The van der Waals surface area contributed by atoms with Gasteiger partial charge in [-0.2, -0.15) is 4.98 Å². The first-order valence-corrected chi connectivity index (χ1v) is 5.23. The van der Waals surface area contributed by atoms with Crippen LogP contribution in [0.2, 0.25) is 0 Å². The van der Waals surface area contributed by atoms with Gasteiger partial charge in [0.1, 0.15) is 5.82 Å². The van der Waals surface area contributed by atoms with Crippen LogP contribution >= 0.6 is 15.9 Å². The number of nitrogens with zero attached hydrogens (tertiary/aromatic N) is 3. The Bertz CT molecular complexity index is 339. The lowest BCUT2D eigenvalue weighted by molar-refractivity contribution is 0.880. The Labute approximate surface area is 90.8 Å². The molecule has 6 heteroatoms. The molecule has 1 aliphatic carbocycles. The Kier molecular flexibility index (Phi) is 2.56. The summed E-state index contributed by atoms with van der Waals surface area (Å²) in [5, 5.41) is 0. The van der Waals surface area contributed by atoms with E-state index in [1.54, 1.807) is 6.20 Å². The van der Waals surface area contributed by atoms with Crippen LogP contribution in [0.25, 0.3) is 0 Å². The molecule has 1 fully saturated rings. The SMILES string of the molecule is CN(c1nc(NN)ncc1Br)C1CC1. The summed E-state index contributed by atoms with van der Waals surface area (Å²) in [7, 11) is 2.03. The standard InChI is InChI=1S/C8H12BrN5/c1-14(5-2-3-5)7-6(9)4-11-8(12-7)13-10/h4-5H,2-3,10H2,1H3,(H,11,12,13). The summed E-state index contributed by atoms with van der Waals surface area (Å²) in [4.78, 5) is 10.4. The van der Waals surface area contributed by atoms with Crippen LogP contribution in [0.1, 0.15) is 12.8 Å². The molecule has 0 atom stereocenters. The lowest BCUT2D eigenvalue weighted by Crippen LogP contribution is -2.22. The molecule has 1 aromatic rings. The highest BCUT2D eigenvalue weighted by molar-refractivity contribution is 9.10. The number of aromatic nitrogens is 2. The average molecular weight is 258 g/mol. The Morgan fingerprint density at radius 3 is 2.93 bits per heavy atom. The van der Waals surface area contributed by atoms with E-state index in [4.69, 9.17) is 5.84 Å². The fraction of sp³-hybridized carbons (Fsp3) is 0.500. The summed E-state index contributed by atoms with van der Waals surface area (Å²) in [6.07, 6.45) is 4.17. The van der Waals surface area contributed by atoms with E-state index < -0.39 is 0 Å². The van der Waals surface area contributed by atoms with Gasteiger partial charge in [-0.1, -0.05) is 0 Å². The minimum absolute atomic E-state index is 0.440. The molecule has 76 valence electrons.